The fourth-order valence-corrected chi connectivity index (χ4v) is 2.29. The molecule has 0 fully saturated rings. The molecule has 0 spiro atoms. The van der Waals surface area contributed by atoms with Gasteiger partial charge in [0.2, 0.25) is 5.91 Å². The van der Waals surface area contributed by atoms with Crippen LogP contribution in [0.2, 0.25) is 5.02 Å². The van der Waals surface area contributed by atoms with Crippen LogP contribution in [-0.4, -0.2) is 19.1 Å². The molecule has 6 heteroatoms. The first-order valence-electron chi connectivity index (χ1n) is 7.47. The number of nitrogens with one attached hydrogen (secondary N) is 2. The standard InChI is InChI=1S/C18H21ClN2O2.ClH/c1-13(20-12-15-5-3-4-6-17(15)19)18(22)21-11-14-7-9-16(23-2)10-8-14;/h3-10,13,20H,11-12H2,1-2H3,(H,21,22);1H/p-1. The Bertz CT molecular complexity index is 648. The molecule has 0 radical (unpaired) electrons. The molecule has 4 nitrogen and oxygen atoms in total. The molecule has 0 aliphatic heterocycles. The number of ether oxygens (including phenoxy) is 1. The maximum absolute atomic E-state index is 12.1. The first-order chi connectivity index (χ1) is 11.1. The van der Waals surface area contributed by atoms with E-state index in [1.165, 1.54) is 0 Å². The third-order valence-corrected chi connectivity index (χ3v) is 3.94. The number of hydrogen-bond donors (Lipinski definition) is 2. The van der Waals surface area contributed by atoms with E-state index in [0.29, 0.717) is 18.1 Å². The summed E-state index contributed by atoms with van der Waals surface area (Å²) in [4.78, 5) is 12.1. The predicted molar refractivity (Wildman–Crippen MR) is 92.6 cm³/mol. The van der Waals surface area contributed by atoms with Crippen LogP contribution < -0.4 is 27.8 Å². The molecule has 0 aromatic heterocycles. The highest BCUT2D eigenvalue weighted by Crippen LogP contribution is 2.14. The van der Waals surface area contributed by atoms with Gasteiger partial charge in [-0.25, -0.2) is 0 Å². The average molecular weight is 368 g/mol. The van der Waals surface area contributed by atoms with Crippen LogP contribution in [0.15, 0.2) is 48.5 Å². The summed E-state index contributed by atoms with van der Waals surface area (Å²) in [6.45, 7) is 2.87. The van der Waals surface area contributed by atoms with Gasteiger partial charge < -0.3 is 27.8 Å². The van der Waals surface area contributed by atoms with E-state index in [1.807, 2.05) is 55.5 Å². The van der Waals surface area contributed by atoms with E-state index < -0.39 is 0 Å². The number of methoxy groups -OCH3 is 1. The van der Waals surface area contributed by atoms with Crippen LogP contribution in [0.4, 0.5) is 0 Å². The third kappa shape index (κ3) is 6.04. The van der Waals surface area contributed by atoms with Gasteiger partial charge in [-0.1, -0.05) is 41.9 Å². The third-order valence-electron chi connectivity index (χ3n) is 3.58. The van der Waals surface area contributed by atoms with Crippen molar-refractivity contribution in [3.05, 3.63) is 64.7 Å². The summed E-state index contributed by atoms with van der Waals surface area (Å²) in [7, 11) is 1.63. The van der Waals surface area contributed by atoms with Gasteiger partial charge in [-0.3, -0.25) is 4.79 Å². The lowest BCUT2D eigenvalue weighted by molar-refractivity contribution is -0.122. The van der Waals surface area contributed by atoms with E-state index >= 15 is 0 Å². The van der Waals surface area contributed by atoms with Crippen molar-refractivity contribution < 1.29 is 21.9 Å². The number of hydrogen-bond acceptors (Lipinski definition) is 3. The molecule has 0 aliphatic carbocycles. The molecule has 2 aromatic rings. The van der Waals surface area contributed by atoms with Gasteiger partial charge in [-0.2, -0.15) is 0 Å². The average Bonchev–Trinajstić information content (AvgIpc) is 2.59. The largest absolute Gasteiger partial charge is 1.00 e. The molecule has 1 atom stereocenters. The number of rotatable bonds is 7. The van der Waals surface area contributed by atoms with Crippen molar-refractivity contribution in [3.8, 4) is 5.75 Å². The summed E-state index contributed by atoms with van der Waals surface area (Å²) >= 11 is 6.10. The molecule has 1 amide bonds. The van der Waals surface area contributed by atoms with Gasteiger partial charge in [0.1, 0.15) is 5.75 Å². The van der Waals surface area contributed by atoms with Crippen molar-refractivity contribution in [2.75, 3.05) is 7.11 Å². The lowest BCUT2D eigenvalue weighted by atomic mass is 10.2. The zero-order valence-electron chi connectivity index (χ0n) is 13.7. The number of carbonyl (C=O) groups excluding carboxylic acids is 1. The second kappa shape index (κ2) is 10.2. The van der Waals surface area contributed by atoms with E-state index in [1.54, 1.807) is 7.11 Å². The minimum Gasteiger partial charge on any atom is -1.00 e. The van der Waals surface area contributed by atoms with Crippen LogP contribution in [0.25, 0.3) is 0 Å². The van der Waals surface area contributed by atoms with Crippen molar-refractivity contribution in [1.82, 2.24) is 10.6 Å². The predicted octanol–water partition coefficient (Wildman–Crippen LogP) is 0.147. The Morgan fingerprint density at radius 1 is 1.12 bits per heavy atom. The van der Waals surface area contributed by atoms with Crippen molar-refractivity contribution in [2.45, 2.75) is 26.1 Å². The van der Waals surface area contributed by atoms with Crippen molar-refractivity contribution in [3.63, 3.8) is 0 Å². The van der Waals surface area contributed by atoms with E-state index in [0.717, 1.165) is 16.9 Å². The second-order valence-electron chi connectivity index (χ2n) is 5.26. The Kier molecular flexibility index (Phi) is 8.61. The summed E-state index contributed by atoms with van der Waals surface area (Å²) in [5, 5.41) is 6.79. The van der Waals surface area contributed by atoms with Gasteiger partial charge in [0.15, 0.2) is 0 Å². The normalized spacial score (nSPS) is 11.3. The Hall–Kier alpha value is -1.75. The second-order valence-corrected chi connectivity index (χ2v) is 5.67. The fourth-order valence-electron chi connectivity index (χ4n) is 2.08. The maximum Gasteiger partial charge on any atom is 0.237 e. The number of halogens is 2. The van der Waals surface area contributed by atoms with Crippen molar-refractivity contribution >= 4 is 17.5 Å². The molecule has 1 unspecified atom stereocenters. The quantitative estimate of drug-likeness (QED) is 0.732. The zero-order valence-corrected chi connectivity index (χ0v) is 15.2. The molecule has 2 N–H and O–H groups in total. The van der Waals surface area contributed by atoms with Crippen LogP contribution in [0, 0.1) is 0 Å². The molecular formula is C18H21Cl2N2O2-. The number of benzene rings is 2. The van der Waals surface area contributed by atoms with Gasteiger partial charge in [0.05, 0.1) is 13.2 Å². The highest BCUT2D eigenvalue weighted by atomic mass is 35.5. The SMILES string of the molecule is COc1ccc(CNC(=O)C(C)NCc2ccccc2Cl)cc1.[Cl-]. The van der Waals surface area contributed by atoms with Gasteiger partial charge in [-0.05, 0) is 36.2 Å². The Morgan fingerprint density at radius 3 is 2.42 bits per heavy atom. The summed E-state index contributed by atoms with van der Waals surface area (Å²) in [5.74, 6) is 0.753. The van der Waals surface area contributed by atoms with E-state index in [-0.39, 0.29) is 24.4 Å². The summed E-state index contributed by atoms with van der Waals surface area (Å²) in [6.07, 6.45) is 0. The fraction of sp³-hybridized carbons (Fsp3) is 0.278. The molecule has 130 valence electrons. The van der Waals surface area contributed by atoms with Crippen molar-refractivity contribution in [1.29, 1.82) is 0 Å². The molecule has 2 rings (SSSR count). The van der Waals surface area contributed by atoms with Crippen LogP contribution >= 0.6 is 11.6 Å². The summed E-state index contributed by atoms with van der Waals surface area (Å²) < 4.78 is 5.11. The molecule has 2 aromatic carbocycles. The van der Waals surface area contributed by atoms with Crippen molar-refractivity contribution in [2.24, 2.45) is 0 Å². The molecule has 0 saturated heterocycles. The first-order valence-corrected chi connectivity index (χ1v) is 7.85. The zero-order chi connectivity index (χ0) is 16.7. The minimum atomic E-state index is -0.301. The molecule has 0 aliphatic rings. The van der Waals surface area contributed by atoms with Crippen LogP contribution in [0.5, 0.6) is 5.75 Å². The van der Waals surface area contributed by atoms with Crippen LogP contribution in [-0.2, 0) is 17.9 Å². The van der Waals surface area contributed by atoms with E-state index in [4.69, 9.17) is 16.3 Å². The molecule has 0 saturated carbocycles. The Morgan fingerprint density at radius 2 is 1.79 bits per heavy atom. The van der Waals surface area contributed by atoms with Gasteiger partial charge in [-0.15, -0.1) is 0 Å². The van der Waals surface area contributed by atoms with E-state index in [9.17, 15) is 4.79 Å². The Balaban J connectivity index is 0.00000288. The van der Waals surface area contributed by atoms with Crippen LogP contribution in [0.3, 0.4) is 0 Å². The van der Waals surface area contributed by atoms with Crippen LogP contribution in [0.1, 0.15) is 18.1 Å². The monoisotopic (exact) mass is 367 g/mol. The lowest BCUT2D eigenvalue weighted by Crippen LogP contribution is -3.00. The number of amides is 1. The number of carbonyl (C=O) groups is 1. The lowest BCUT2D eigenvalue weighted by Gasteiger charge is -2.15. The smallest absolute Gasteiger partial charge is 0.237 e. The van der Waals surface area contributed by atoms with Gasteiger partial charge in [0, 0.05) is 18.1 Å². The summed E-state index contributed by atoms with van der Waals surface area (Å²) in [6, 6.07) is 14.9. The molecular weight excluding hydrogens is 347 g/mol. The highest BCUT2D eigenvalue weighted by molar-refractivity contribution is 6.31. The van der Waals surface area contributed by atoms with Gasteiger partial charge in [0.25, 0.3) is 0 Å². The van der Waals surface area contributed by atoms with Gasteiger partial charge >= 0.3 is 0 Å². The maximum atomic E-state index is 12.1. The Labute approximate surface area is 154 Å². The summed E-state index contributed by atoms with van der Waals surface area (Å²) in [5.41, 5.74) is 2.00. The van der Waals surface area contributed by atoms with E-state index in [2.05, 4.69) is 10.6 Å². The molecule has 24 heavy (non-hydrogen) atoms. The topological polar surface area (TPSA) is 50.4 Å². The first kappa shape index (κ1) is 20.3. The molecule has 0 heterocycles. The molecule has 0 bridgehead atoms. The highest BCUT2D eigenvalue weighted by Gasteiger charge is 2.12. The minimum absolute atomic E-state index is 0.